The average molecular weight is 510 g/mol. The van der Waals surface area contributed by atoms with Crippen LogP contribution in [0.25, 0.3) is 0 Å². The summed E-state index contributed by atoms with van der Waals surface area (Å²) in [7, 11) is 0. The van der Waals surface area contributed by atoms with E-state index in [1.807, 2.05) is 36.7 Å². The SMILES string of the molecule is C1=CC=CNC=C1.O=C1c2ccccc2C(=O)c2ccccc21.O=C1c2ccccc2C(=O)c2ccccc21. The monoisotopic (exact) mass is 509 g/mol. The molecule has 0 atom stereocenters. The van der Waals surface area contributed by atoms with E-state index in [4.69, 9.17) is 0 Å². The molecule has 39 heavy (non-hydrogen) atoms. The Labute approximate surface area is 225 Å². The minimum atomic E-state index is -0.0641. The van der Waals surface area contributed by atoms with Crippen molar-refractivity contribution in [2.24, 2.45) is 0 Å². The second-order valence-electron chi connectivity index (χ2n) is 8.77. The summed E-state index contributed by atoms with van der Waals surface area (Å²) in [5.41, 5.74) is 4.05. The molecule has 7 rings (SSSR count). The van der Waals surface area contributed by atoms with Gasteiger partial charge in [0.2, 0.25) is 0 Å². The van der Waals surface area contributed by atoms with Crippen LogP contribution in [0, 0.1) is 0 Å². The third-order valence-corrected chi connectivity index (χ3v) is 6.38. The Bertz CT molecular complexity index is 1370. The lowest BCUT2D eigenvalue weighted by Gasteiger charge is -2.16. The highest BCUT2D eigenvalue weighted by atomic mass is 16.1. The minimum absolute atomic E-state index is 0.0641. The maximum Gasteiger partial charge on any atom is 0.194 e. The van der Waals surface area contributed by atoms with Gasteiger partial charge in [-0.05, 0) is 12.2 Å². The molecule has 4 aromatic rings. The van der Waals surface area contributed by atoms with Gasteiger partial charge in [-0.3, -0.25) is 19.2 Å². The Morgan fingerprint density at radius 3 is 0.718 bits per heavy atom. The van der Waals surface area contributed by atoms with Crippen LogP contribution in [0.15, 0.2) is 134 Å². The van der Waals surface area contributed by atoms with Gasteiger partial charge in [0.1, 0.15) is 0 Å². The molecule has 0 saturated heterocycles. The normalized spacial score (nSPS) is 13.7. The van der Waals surface area contributed by atoms with E-state index < -0.39 is 0 Å². The molecular weight excluding hydrogens is 486 g/mol. The predicted molar refractivity (Wildman–Crippen MR) is 150 cm³/mol. The summed E-state index contributed by atoms with van der Waals surface area (Å²) in [4.78, 5) is 48.4. The first-order chi connectivity index (χ1) is 19.1. The van der Waals surface area contributed by atoms with E-state index in [0.717, 1.165) is 0 Å². The number of hydrogen-bond acceptors (Lipinski definition) is 5. The standard InChI is InChI=1S/2C14H8O2.C6H7N/c2*15-13-9-5-1-2-6-10(9)14(16)12-8-4-3-7-11(12)13;1-2-4-6-7-5-3-1/h2*1-8H;1-7H. The van der Waals surface area contributed by atoms with Crippen LogP contribution in [0.3, 0.4) is 0 Å². The number of benzene rings is 4. The van der Waals surface area contributed by atoms with E-state index >= 15 is 0 Å². The summed E-state index contributed by atoms with van der Waals surface area (Å²) >= 11 is 0. The smallest absolute Gasteiger partial charge is 0.194 e. The van der Waals surface area contributed by atoms with E-state index in [1.54, 1.807) is 97.1 Å². The zero-order valence-electron chi connectivity index (χ0n) is 20.8. The topological polar surface area (TPSA) is 80.3 Å². The fraction of sp³-hybridized carbons (Fsp3) is 0. The number of carbonyl (C=O) groups is 4. The molecule has 0 radical (unpaired) electrons. The quantitative estimate of drug-likeness (QED) is 0.268. The highest BCUT2D eigenvalue weighted by molar-refractivity contribution is 6.29. The van der Waals surface area contributed by atoms with Gasteiger partial charge < -0.3 is 5.32 Å². The lowest BCUT2D eigenvalue weighted by atomic mass is 9.84. The van der Waals surface area contributed by atoms with Gasteiger partial charge in [-0.2, -0.15) is 0 Å². The lowest BCUT2D eigenvalue weighted by molar-refractivity contribution is 0.0979. The second-order valence-corrected chi connectivity index (χ2v) is 8.77. The van der Waals surface area contributed by atoms with Crippen LogP contribution in [-0.4, -0.2) is 23.1 Å². The van der Waals surface area contributed by atoms with Gasteiger partial charge in [-0.1, -0.05) is 109 Å². The average Bonchev–Trinajstić information content (AvgIpc) is 3.33. The summed E-state index contributed by atoms with van der Waals surface area (Å²) in [5, 5.41) is 2.92. The van der Waals surface area contributed by atoms with Crippen LogP contribution in [0.4, 0.5) is 0 Å². The van der Waals surface area contributed by atoms with Crippen LogP contribution in [0.2, 0.25) is 0 Å². The van der Waals surface area contributed by atoms with Gasteiger partial charge in [-0.25, -0.2) is 0 Å². The summed E-state index contributed by atoms with van der Waals surface area (Å²) < 4.78 is 0. The highest BCUT2D eigenvalue weighted by Crippen LogP contribution is 2.27. The fourth-order valence-corrected chi connectivity index (χ4v) is 4.50. The fourth-order valence-electron chi connectivity index (χ4n) is 4.50. The third-order valence-electron chi connectivity index (χ3n) is 6.38. The molecule has 3 aliphatic rings. The van der Waals surface area contributed by atoms with Gasteiger partial charge in [0.25, 0.3) is 0 Å². The summed E-state index contributed by atoms with van der Waals surface area (Å²) in [5.74, 6) is -0.256. The molecule has 1 heterocycles. The Hall–Kier alpha value is -5.42. The maximum absolute atomic E-state index is 12.1. The van der Waals surface area contributed by atoms with Crippen molar-refractivity contribution >= 4 is 23.1 Å². The Morgan fingerprint density at radius 1 is 0.308 bits per heavy atom. The van der Waals surface area contributed by atoms with Crippen LogP contribution in [-0.2, 0) is 0 Å². The van der Waals surface area contributed by atoms with Gasteiger partial charge >= 0.3 is 0 Å². The van der Waals surface area contributed by atoms with E-state index in [0.29, 0.717) is 44.5 Å². The maximum atomic E-state index is 12.1. The van der Waals surface area contributed by atoms with E-state index in [-0.39, 0.29) is 23.1 Å². The van der Waals surface area contributed by atoms with E-state index in [1.165, 1.54) is 0 Å². The summed E-state index contributed by atoms with van der Waals surface area (Å²) in [6, 6.07) is 27.8. The highest BCUT2D eigenvalue weighted by Gasteiger charge is 2.29. The molecule has 0 spiro atoms. The number of carbonyl (C=O) groups excluding carboxylic acids is 4. The Kier molecular flexibility index (Phi) is 7.32. The van der Waals surface area contributed by atoms with Crippen molar-refractivity contribution in [3.63, 3.8) is 0 Å². The van der Waals surface area contributed by atoms with Gasteiger partial charge in [0.15, 0.2) is 23.1 Å². The molecule has 0 amide bonds. The van der Waals surface area contributed by atoms with E-state index in [9.17, 15) is 19.2 Å². The number of fused-ring (bicyclic) bond motifs is 4. The molecule has 1 aliphatic heterocycles. The summed E-state index contributed by atoms with van der Waals surface area (Å²) in [6.07, 6.45) is 11.6. The van der Waals surface area contributed by atoms with Crippen LogP contribution in [0.1, 0.15) is 63.7 Å². The number of ketones is 4. The zero-order chi connectivity index (χ0) is 27.2. The zero-order valence-corrected chi connectivity index (χ0v) is 20.8. The van der Waals surface area contributed by atoms with Crippen LogP contribution in [0.5, 0.6) is 0 Å². The first-order valence-electron chi connectivity index (χ1n) is 12.4. The second kappa shape index (κ2) is 11.3. The van der Waals surface area contributed by atoms with Crippen molar-refractivity contribution in [1.82, 2.24) is 5.32 Å². The minimum Gasteiger partial charge on any atom is -0.368 e. The first-order valence-corrected chi connectivity index (χ1v) is 12.4. The molecule has 4 aromatic carbocycles. The Balaban J connectivity index is 0.000000128. The molecule has 1 N–H and O–H groups in total. The van der Waals surface area contributed by atoms with Crippen molar-refractivity contribution in [3.8, 4) is 0 Å². The van der Waals surface area contributed by atoms with Gasteiger partial charge in [0, 0.05) is 56.9 Å². The van der Waals surface area contributed by atoms with Gasteiger partial charge in [-0.15, -0.1) is 0 Å². The van der Waals surface area contributed by atoms with Crippen molar-refractivity contribution in [1.29, 1.82) is 0 Å². The number of nitrogens with one attached hydrogen (secondary N) is 1. The van der Waals surface area contributed by atoms with E-state index in [2.05, 4.69) is 5.32 Å². The number of hydrogen-bond donors (Lipinski definition) is 1. The molecule has 188 valence electrons. The Morgan fingerprint density at radius 2 is 0.513 bits per heavy atom. The third kappa shape index (κ3) is 5.06. The van der Waals surface area contributed by atoms with Crippen LogP contribution < -0.4 is 5.32 Å². The lowest BCUT2D eigenvalue weighted by Crippen LogP contribution is -2.20. The van der Waals surface area contributed by atoms with Gasteiger partial charge in [0.05, 0.1) is 0 Å². The molecule has 0 saturated carbocycles. The molecular formula is C34H23NO4. The summed E-state index contributed by atoms with van der Waals surface area (Å²) in [6.45, 7) is 0. The molecule has 5 heteroatoms. The predicted octanol–water partition coefficient (Wildman–Crippen LogP) is 6.10. The molecule has 5 nitrogen and oxygen atoms in total. The molecule has 0 fully saturated rings. The van der Waals surface area contributed by atoms with Crippen LogP contribution >= 0.6 is 0 Å². The van der Waals surface area contributed by atoms with Crippen molar-refractivity contribution in [3.05, 3.63) is 178 Å². The molecule has 0 aromatic heterocycles. The molecule has 0 unspecified atom stereocenters. The number of rotatable bonds is 0. The van der Waals surface area contributed by atoms with Crippen molar-refractivity contribution < 1.29 is 19.2 Å². The van der Waals surface area contributed by atoms with Crippen molar-refractivity contribution in [2.45, 2.75) is 0 Å². The first kappa shape index (κ1) is 25.2. The van der Waals surface area contributed by atoms with Crippen molar-refractivity contribution in [2.75, 3.05) is 0 Å². The number of allylic oxidation sites excluding steroid dienone is 4. The largest absolute Gasteiger partial charge is 0.368 e. The molecule has 2 aliphatic carbocycles. The molecule has 0 bridgehead atoms.